The number of hydrogen-bond donors (Lipinski definition) is 1. The van der Waals surface area contributed by atoms with Gasteiger partial charge in [0.2, 0.25) is 0 Å². The molecule has 0 saturated heterocycles. The summed E-state index contributed by atoms with van der Waals surface area (Å²) in [4.78, 5) is 0. The average molecular weight is 187 g/mol. The van der Waals surface area contributed by atoms with Crippen LogP contribution in [0.25, 0.3) is 0 Å². The van der Waals surface area contributed by atoms with Crippen LogP contribution in [0.5, 0.6) is 5.75 Å². The fraction of sp³-hybridized carbons (Fsp3) is 0.250. The number of benzene rings is 1. The van der Waals surface area contributed by atoms with Crippen molar-refractivity contribution in [1.29, 1.82) is 0 Å². The lowest BCUT2D eigenvalue weighted by atomic mass is 10.1. The van der Waals surface area contributed by atoms with Gasteiger partial charge in [-0.2, -0.15) is 0 Å². The molecule has 70 valence electrons. The van der Waals surface area contributed by atoms with Gasteiger partial charge in [0, 0.05) is 11.3 Å². The molecule has 1 aromatic rings. The summed E-state index contributed by atoms with van der Waals surface area (Å²) in [6.07, 6.45) is -3.54. The van der Waals surface area contributed by atoms with Gasteiger partial charge < -0.3 is 10.5 Å². The number of nitrogen functional groups attached to an aromatic ring is 1. The minimum Gasteiger partial charge on any atom is -0.409 e. The van der Waals surface area contributed by atoms with Crippen molar-refractivity contribution in [2.75, 3.05) is 5.73 Å². The Labute approximate surface area is 73.1 Å². The largest absolute Gasteiger partial charge is 0.535 e. The number of rotatable bonds is 0. The lowest BCUT2D eigenvalue weighted by Gasteiger charge is -2.25. The van der Waals surface area contributed by atoms with Gasteiger partial charge in [0.05, 0.1) is 6.61 Å². The van der Waals surface area contributed by atoms with Crippen LogP contribution >= 0.6 is 0 Å². The Morgan fingerprint density at radius 3 is 2.92 bits per heavy atom. The van der Waals surface area contributed by atoms with Gasteiger partial charge in [-0.1, -0.05) is 6.07 Å². The Kier molecular flexibility index (Phi) is 1.63. The van der Waals surface area contributed by atoms with Crippen LogP contribution in [0.3, 0.4) is 0 Å². The van der Waals surface area contributed by atoms with Gasteiger partial charge in [0.15, 0.2) is 0 Å². The molecule has 0 saturated carbocycles. The zero-order valence-electron chi connectivity index (χ0n) is 6.59. The van der Waals surface area contributed by atoms with Crippen molar-refractivity contribution in [3.63, 3.8) is 0 Å². The van der Waals surface area contributed by atoms with Crippen molar-refractivity contribution in [2.45, 2.75) is 12.9 Å². The molecule has 3 nitrogen and oxygen atoms in total. The molecule has 0 aromatic heterocycles. The highest BCUT2D eigenvalue weighted by Crippen LogP contribution is 2.35. The lowest BCUT2D eigenvalue weighted by molar-refractivity contribution is -0.367. The fourth-order valence-electron chi connectivity index (χ4n) is 1.15. The Bertz CT molecular complexity index is 341. The summed E-state index contributed by atoms with van der Waals surface area (Å²) in [5.74, 6) is 0.0799. The predicted molar refractivity (Wildman–Crippen MR) is 41.2 cm³/mol. The van der Waals surface area contributed by atoms with Gasteiger partial charge >= 0.3 is 6.29 Å². The number of nitrogens with two attached hydrogens (primary N) is 1. The summed E-state index contributed by atoms with van der Waals surface area (Å²) in [6, 6.07) is 4.59. The first kappa shape index (κ1) is 8.25. The van der Waals surface area contributed by atoms with Crippen molar-refractivity contribution >= 4 is 5.69 Å². The third kappa shape index (κ3) is 1.42. The Hall–Kier alpha value is -1.36. The smallest absolute Gasteiger partial charge is 0.409 e. The molecule has 1 heterocycles. The average Bonchev–Trinajstić information content (AvgIpc) is 2.02. The van der Waals surface area contributed by atoms with E-state index in [0.29, 0.717) is 11.3 Å². The summed E-state index contributed by atoms with van der Waals surface area (Å²) in [5.41, 5.74) is 6.39. The maximum absolute atomic E-state index is 12.5. The van der Waals surface area contributed by atoms with E-state index >= 15 is 0 Å². The van der Waals surface area contributed by atoms with Crippen LogP contribution in [-0.2, 0) is 11.3 Å². The van der Waals surface area contributed by atoms with Crippen LogP contribution in [0.15, 0.2) is 18.2 Å². The van der Waals surface area contributed by atoms with Crippen molar-refractivity contribution in [2.24, 2.45) is 0 Å². The van der Waals surface area contributed by atoms with Gasteiger partial charge in [0.25, 0.3) is 0 Å². The maximum atomic E-state index is 12.5. The number of fused-ring (bicyclic) bond motifs is 1. The van der Waals surface area contributed by atoms with E-state index in [1.54, 1.807) is 12.1 Å². The molecule has 0 aliphatic carbocycles. The molecule has 0 spiro atoms. The van der Waals surface area contributed by atoms with Gasteiger partial charge in [-0.05, 0) is 12.1 Å². The van der Waals surface area contributed by atoms with Crippen LogP contribution in [-0.4, -0.2) is 6.29 Å². The predicted octanol–water partition coefficient (Wildman–Crippen LogP) is 1.73. The Balaban J connectivity index is 2.42. The molecular formula is C8H7F2NO2. The first-order chi connectivity index (χ1) is 6.08. The third-order valence-electron chi connectivity index (χ3n) is 1.78. The van der Waals surface area contributed by atoms with E-state index < -0.39 is 6.29 Å². The fourth-order valence-corrected chi connectivity index (χ4v) is 1.15. The molecule has 2 rings (SSSR count). The second kappa shape index (κ2) is 2.56. The molecule has 5 heteroatoms. The lowest BCUT2D eigenvalue weighted by Crippen LogP contribution is -2.32. The number of halogens is 2. The van der Waals surface area contributed by atoms with Gasteiger partial charge in [-0.15, -0.1) is 8.78 Å². The van der Waals surface area contributed by atoms with Crippen LogP contribution in [0, 0.1) is 0 Å². The quantitative estimate of drug-likeness (QED) is 0.629. The number of anilines is 1. The number of hydrogen-bond acceptors (Lipinski definition) is 3. The molecule has 0 amide bonds. The van der Waals surface area contributed by atoms with Crippen LogP contribution in [0.1, 0.15) is 5.56 Å². The van der Waals surface area contributed by atoms with Gasteiger partial charge in [-0.25, -0.2) is 0 Å². The van der Waals surface area contributed by atoms with E-state index in [0.717, 1.165) is 0 Å². The molecular weight excluding hydrogens is 180 g/mol. The van der Waals surface area contributed by atoms with Crippen LogP contribution in [0.4, 0.5) is 14.5 Å². The summed E-state index contributed by atoms with van der Waals surface area (Å²) in [5, 5.41) is 0. The highest BCUT2D eigenvalue weighted by Gasteiger charge is 2.38. The normalized spacial score (nSPS) is 18.9. The zero-order chi connectivity index (χ0) is 9.47. The summed E-state index contributed by atoms with van der Waals surface area (Å²) in [7, 11) is 0. The van der Waals surface area contributed by atoms with Crippen LogP contribution in [0.2, 0.25) is 0 Å². The topological polar surface area (TPSA) is 44.5 Å². The van der Waals surface area contributed by atoms with Crippen molar-refractivity contribution in [3.05, 3.63) is 23.8 Å². The Morgan fingerprint density at radius 1 is 1.38 bits per heavy atom. The van der Waals surface area contributed by atoms with E-state index in [4.69, 9.17) is 5.73 Å². The molecule has 0 radical (unpaired) electrons. The molecule has 0 bridgehead atoms. The van der Waals surface area contributed by atoms with E-state index in [9.17, 15) is 8.78 Å². The minimum atomic E-state index is -3.54. The van der Waals surface area contributed by atoms with Crippen molar-refractivity contribution in [3.8, 4) is 5.75 Å². The molecule has 2 N–H and O–H groups in total. The van der Waals surface area contributed by atoms with E-state index in [1.165, 1.54) is 6.07 Å². The third-order valence-corrected chi connectivity index (χ3v) is 1.78. The van der Waals surface area contributed by atoms with Crippen LogP contribution < -0.4 is 10.5 Å². The molecule has 1 aliphatic heterocycles. The summed E-state index contributed by atoms with van der Waals surface area (Å²) >= 11 is 0. The molecule has 1 aliphatic rings. The van der Waals surface area contributed by atoms with E-state index in [-0.39, 0.29) is 12.4 Å². The molecule has 13 heavy (non-hydrogen) atoms. The highest BCUT2D eigenvalue weighted by molar-refractivity contribution is 5.54. The van der Waals surface area contributed by atoms with Crippen molar-refractivity contribution < 1.29 is 18.3 Å². The first-order valence-corrected chi connectivity index (χ1v) is 3.67. The zero-order valence-corrected chi connectivity index (χ0v) is 6.59. The molecule has 0 atom stereocenters. The maximum Gasteiger partial charge on any atom is 0.535 e. The minimum absolute atomic E-state index is 0.0799. The van der Waals surface area contributed by atoms with E-state index in [2.05, 4.69) is 9.47 Å². The molecule has 0 fully saturated rings. The van der Waals surface area contributed by atoms with Gasteiger partial charge in [0.1, 0.15) is 5.75 Å². The Morgan fingerprint density at radius 2 is 2.15 bits per heavy atom. The second-order valence-electron chi connectivity index (χ2n) is 2.68. The van der Waals surface area contributed by atoms with Crippen molar-refractivity contribution in [1.82, 2.24) is 0 Å². The van der Waals surface area contributed by atoms with Gasteiger partial charge in [-0.3, -0.25) is 4.74 Å². The number of alkyl halides is 2. The summed E-state index contributed by atoms with van der Waals surface area (Å²) < 4.78 is 33.5. The summed E-state index contributed by atoms with van der Waals surface area (Å²) in [6.45, 7) is -0.227. The van der Waals surface area contributed by atoms with E-state index in [1.807, 2.05) is 0 Å². The highest BCUT2D eigenvalue weighted by atomic mass is 19.3. The molecule has 0 unspecified atom stereocenters. The first-order valence-electron chi connectivity index (χ1n) is 3.67. The second-order valence-corrected chi connectivity index (χ2v) is 2.68. The standard InChI is InChI=1S/C8H7F2NO2/c9-8(10)12-4-5-6(11)2-1-3-7(5)13-8/h1-3H,4,11H2. The monoisotopic (exact) mass is 187 g/mol. The SMILES string of the molecule is Nc1cccc2c1COC(F)(F)O2. The molecule has 1 aromatic carbocycles. The number of ether oxygens (including phenoxy) is 2.